The van der Waals surface area contributed by atoms with E-state index in [0.717, 1.165) is 16.3 Å². The van der Waals surface area contributed by atoms with Crippen molar-refractivity contribution in [2.24, 2.45) is 0 Å². The summed E-state index contributed by atoms with van der Waals surface area (Å²) in [5, 5.41) is 7.96. The van der Waals surface area contributed by atoms with Crippen molar-refractivity contribution in [3.63, 3.8) is 0 Å². The molecule has 0 radical (unpaired) electrons. The number of ether oxygens (including phenoxy) is 1. The Morgan fingerprint density at radius 2 is 1.64 bits per heavy atom. The van der Waals surface area contributed by atoms with Crippen LogP contribution >= 0.6 is 12.2 Å². The fourth-order valence-corrected chi connectivity index (χ4v) is 2.64. The Labute approximate surface area is 151 Å². The fourth-order valence-electron chi connectivity index (χ4n) is 2.45. The van der Waals surface area contributed by atoms with Gasteiger partial charge in [0.1, 0.15) is 5.75 Å². The van der Waals surface area contributed by atoms with Gasteiger partial charge in [-0.3, -0.25) is 4.79 Å². The van der Waals surface area contributed by atoms with Crippen LogP contribution in [0.1, 0.15) is 5.56 Å². The van der Waals surface area contributed by atoms with Crippen LogP contribution in [-0.2, 0) is 11.3 Å². The summed E-state index contributed by atoms with van der Waals surface area (Å²) in [5.74, 6) is 0.384. The minimum Gasteiger partial charge on any atom is -0.483 e. The maximum Gasteiger partial charge on any atom is 0.264 e. The molecule has 0 aliphatic carbocycles. The predicted octanol–water partition coefficient (Wildman–Crippen LogP) is 3.41. The standard InChI is InChI=1S/C20H18N2O2S/c23-19(22-20(25)21-13-15-7-2-1-3-8-15)14-24-18-12-6-10-16-9-4-5-11-17(16)18/h1-12H,13-14H2,(H2,21,22,23,25). The molecule has 3 rings (SSSR count). The Hall–Kier alpha value is -2.92. The van der Waals surface area contributed by atoms with E-state index in [2.05, 4.69) is 10.6 Å². The molecule has 0 fully saturated rings. The topological polar surface area (TPSA) is 50.4 Å². The lowest BCUT2D eigenvalue weighted by atomic mass is 10.1. The maximum absolute atomic E-state index is 12.0. The zero-order valence-corrected chi connectivity index (χ0v) is 14.4. The molecule has 0 bridgehead atoms. The first-order valence-electron chi connectivity index (χ1n) is 7.94. The molecule has 0 saturated heterocycles. The van der Waals surface area contributed by atoms with Gasteiger partial charge in [0.2, 0.25) is 0 Å². The van der Waals surface area contributed by atoms with E-state index >= 15 is 0 Å². The Bertz CT molecular complexity index is 876. The summed E-state index contributed by atoms with van der Waals surface area (Å²) in [6.07, 6.45) is 0. The molecule has 0 heterocycles. The highest BCUT2D eigenvalue weighted by Crippen LogP contribution is 2.24. The van der Waals surface area contributed by atoms with Crippen LogP contribution in [0.25, 0.3) is 10.8 Å². The molecule has 126 valence electrons. The summed E-state index contributed by atoms with van der Waals surface area (Å²) in [4.78, 5) is 12.0. The van der Waals surface area contributed by atoms with Gasteiger partial charge < -0.3 is 15.4 Å². The lowest BCUT2D eigenvalue weighted by Crippen LogP contribution is -2.41. The van der Waals surface area contributed by atoms with Crippen LogP contribution in [0.3, 0.4) is 0 Å². The first-order chi connectivity index (χ1) is 12.2. The number of thiocarbonyl (C=S) groups is 1. The van der Waals surface area contributed by atoms with E-state index in [0.29, 0.717) is 12.3 Å². The lowest BCUT2D eigenvalue weighted by Gasteiger charge is -2.11. The molecule has 3 aromatic rings. The van der Waals surface area contributed by atoms with Gasteiger partial charge in [0.25, 0.3) is 5.91 Å². The van der Waals surface area contributed by atoms with Gasteiger partial charge in [-0.05, 0) is 29.2 Å². The van der Waals surface area contributed by atoms with E-state index in [4.69, 9.17) is 17.0 Å². The second-order valence-corrected chi connectivity index (χ2v) is 5.89. The van der Waals surface area contributed by atoms with Crippen LogP contribution < -0.4 is 15.4 Å². The van der Waals surface area contributed by atoms with E-state index in [-0.39, 0.29) is 17.6 Å². The molecule has 0 aliphatic heterocycles. The van der Waals surface area contributed by atoms with Gasteiger partial charge in [-0.2, -0.15) is 0 Å². The summed E-state index contributed by atoms with van der Waals surface area (Å²) in [6, 6.07) is 23.5. The summed E-state index contributed by atoms with van der Waals surface area (Å²) in [6.45, 7) is 0.464. The average molecular weight is 350 g/mol. The number of nitrogens with one attached hydrogen (secondary N) is 2. The number of rotatable bonds is 5. The van der Waals surface area contributed by atoms with Crippen LogP contribution in [-0.4, -0.2) is 17.6 Å². The molecule has 0 saturated carbocycles. The first-order valence-corrected chi connectivity index (χ1v) is 8.35. The zero-order valence-electron chi connectivity index (χ0n) is 13.6. The van der Waals surface area contributed by atoms with Crippen molar-refractivity contribution in [3.8, 4) is 5.75 Å². The number of amides is 1. The third-order valence-electron chi connectivity index (χ3n) is 3.66. The molecule has 1 amide bonds. The highest BCUT2D eigenvalue weighted by Gasteiger charge is 2.07. The van der Waals surface area contributed by atoms with Crippen molar-refractivity contribution in [2.45, 2.75) is 6.54 Å². The number of carbonyl (C=O) groups is 1. The molecule has 0 aromatic heterocycles. The van der Waals surface area contributed by atoms with Crippen LogP contribution in [0.2, 0.25) is 0 Å². The summed E-state index contributed by atoms with van der Waals surface area (Å²) < 4.78 is 5.65. The average Bonchev–Trinajstić information content (AvgIpc) is 2.65. The van der Waals surface area contributed by atoms with Gasteiger partial charge in [-0.25, -0.2) is 0 Å². The molecular weight excluding hydrogens is 332 g/mol. The monoisotopic (exact) mass is 350 g/mol. The summed E-state index contributed by atoms with van der Waals surface area (Å²) in [7, 11) is 0. The molecule has 5 heteroatoms. The highest BCUT2D eigenvalue weighted by atomic mass is 32.1. The number of hydrogen-bond donors (Lipinski definition) is 2. The molecule has 4 nitrogen and oxygen atoms in total. The van der Waals surface area contributed by atoms with Crippen molar-refractivity contribution >= 4 is 34.0 Å². The van der Waals surface area contributed by atoms with E-state index in [1.165, 1.54) is 0 Å². The van der Waals surface area contributed by atoms with Gasteiger partial charge >= 0.3 is 0 Å². The van der Waals surface area contributed by atoms with Crippen molar-refractivity contribution in [1.82, 2.24) is 10.6 Å². The third kappa shape index (κ3) is 4.78. The Morgan fingerprint density at radius 3 is 2.48 bits per heavy atom. The van der Waals surface area contributed by atoms with Crippen molar-refractivity contribution < 1.29 is 9.53 Å². The minimum absolute atomic E-state index is 0.0961. The van der Waals surface area contributed by atoms with Crippen LogP contribution in [0.4, 0.5) is 0 Å². The molecule has 2 N–H and O–H groups in total. The SMILES string of the molecule is O=C(COc1cccc2ccccc12)NC(=S)NCc1ccccc1. The van der Waals surface area contributed by atoms with E-state index in [1.54, 1.807) is 0 Å². The molecule has 0 aliphatic rings. The quantitative estimate of drug-likeness (QED) is 0.693. The third-order valence-corrected chi connectivity index (χ3v) is 3.90. The number of benzene rings is 3. The molecule has 0 atom stereocenters. The molecular formula is C20H18N2O2S. The zero-order chi connectivity index (χ0) is 17.5. The fraction of sp³-hybridized carbons (Fsp3) is 0.100. The second-order valence-electron chi connectivity index (χ2n) is 5.48. The first kappa shape index (κ1) is 16.9. The number of hydrogen-bond acceptors (Lipinski definition) is 3. The van der Waals surface area contributed by atoms with Crippen LogP contribution in [0.5, 0.6) is 5.75 Å². The van der Waals surface area contributed by atoms with Crippen molar-refractivity contribution in [3.05, 3.63) is 78.4 Å². The van der Waals surface area contributed by atoms with E-state index in [9.17, 15) is 4.79 Å². The number of fused-ring (bicyclic) bond motifs is 1. The molecule has 25 heavy (non-hydrogen) atoms. The summed E-state index contributed by atoms with van der Waals surface area (Å²) >= 11 is 5.14. The predicted molar refractivity (Wildman–Crippen MR) is 103 cm³/mol. The van der Waals surface area contributed by atoms with Gasteiger partial charge in [0.05, 0.1) is 0 Å². The normalized spacial score (nSPS) is 10.2. The Balaban J connectivity index is 1.50. The van der Waals surface area contributed by atoms with Gasteiger partial charge in [-0.15, -0.1) is 0 Å². The summed E-state index contributed by atoms with van der Waals surface area (Å²) in [5.41, 5.74) is 1.09. The van der Waals surface area contributed by atoms with Crippen LogP contribution in [0, 0.1) is 0 Å². The molecule has 3 aromatic carbocycles. The van der Waals surface area contributed by atoms with Gasteiger partial charge in [0, 0.05) is 11.9 Å². The largest absolute Gasteiger partial charge is 0.483 e. The van der Waals surface area contributed by atoms with Gasteiger partial charge in [0.15, 0.2) is 11.7 Å². The van der Waals surface area contributed by atoms with Crippen molar-refractivity contribution in [2.75, 3.05) is 6.61 Å². The maximum atomic E-state index is 12.0. The lowest BCUT2D eigenvalue weighted by molar-refractivity contribution is -0.121. The Morgan fingerprint density at radius 1 is 0.920 bits per heavy atom. The van der Waals surface area contributed by atoms with Crippen molar-refractivity contribution in [1.29, 1.82) is 0 Å². The second kappa shape index (κ2) is 8.26. The molecule has 0 spiro atoms. The Kier molecular flexibility index (Phi) is 5.59. The molecule has 0 unspecified atom stereocenters. The minimum atomic E-state index is -0.293. The van der Waals surface area contributed by atoms with Crippen LogP contribution in [0.15, 0.2) is 72.8 Å². The number of carbonyl (C=O) groups excluding carboxylic acids is 1. The highest BCUT2D eigenvalue weighted by molar-refractivity contribution is 7.80. The van der Waals surface area contributed by atoms with E-state index < -0.39 is 0 Å². The smallest absolute Gasteiger partial charge is 0.264 e. The van der Waals surface area contributed by atoms with E-state index in [1.807, 2.05) is 72.8 Å². The van der Waals surface area contributed by atoms with Gasteiger partial charge in [-0.1, -0.05) is 66.7 Å².